The van der Waals surface area contributed by atoms with Gasteiger partial charge in [0.05, 0.1) is 36.2 Å². The zero-order valence-electron chi connectivity index (χ0n) is 13.4. The van der Waals surface area contributed by atoms with Gasteiger partial charge in [0.25, 0.3) is 5.91 Å². The van der Waals surface area contributed by atoms with E-state index in [4.69, 9.17) is 4.74 Å². The van der Waals surface area contributed by atoms with Crippen molar-refractivity contribution in [1.82, 2.24) is 24.9 Å². The average molecular weight is 325 g/mol. The molecular formula is C17H19N5O2. The molecule has 1 fully saturated rings. The van der Waals surface area contributed by atoms with Crippen LogP contribution in [0, 0.1) is 0 Å². The third kappa shape index (κ3) is 2.15. The zero-order chi connectivity index (χ0) is 16.1. The molecule has 4 heterocycles. The van der Waals surface area contributed by atoms with E-state index in [2.05, 4.69) is 15.3 Å². The fourth-order valence-corrected chi connectivity index (χ4v) is 4.09. The molecular weight excluding hydrogens is 306 g/mol. The smallest absolute Gasteiger partial charge is 0.255 e. The first-order valence-electron chi connectivity index (χ1n) is 8.57. The molecule has 2 atom stereocenters. The molecule has 1 saturated heterocycles. The van der Waals surface area contributed by atoms with Gasteiger partial charge in [0.1, 0.15) is 0 Å². The van der Waals surface area contributed by atoms with E-state index >= 15 is 0 Å². The summed E-state index contributed by atoms with van der Waals surface area (Å²) in [7, 11) is 0. The minimum Gasteiger partial charge on any atom is -0.370 e. The Morgan fingerprint density at radius 3 is 3.21 bits per heavy atom. The number of ether oxygens (including phenoxy) is 1. The molecule has 0 aromatic carbocycles. The van der Waals surface area contributed by atoms with Gasteiger partial charge in [-0.2, -0.15) is 0 Å². The number of hydrogen-bond donors (Lipinski definition) is 0. The highest BCUT2D eigenvalue weighted by molar-refractivity contribution is 5.94. The first kappa shape index (κ1) is 14.1. The third-order valence-corrected chi connectivity index (χ3v) is 5.38. The van der Waals surface area contributed by atoms with E-state index in [1.807, 2.05) is 15.6 Å². The van der Waals surface area contributed by atoms with Gasteiger partial charge in [-0.25, -0.2) is 4.68 Å². The Hall–Kier alpha value is -2.28. The number of fused-ring (bicyclic) bond motifs is 4. The third-order valence-electron chi connectivity index (χ3n) is 5.38. The van der Waals surface area contributed by atoms with E-state index in [0.717, 1.165) is 37.1 Å². The minimum atomic E-state index is 0.0522. The molecule has 0 bridgehead atoms. The quantitative estimate of drug-likeness (QED) is 0.786. The molecule has 7 heteroatoms. The normalized spacial score (nSPS) is 25.1. The second-order valence-electron chi connectivity index (χ2n) is 6.81. The van der Waals surface area contributed by atoms with E-state index < -0.39 is 0 Å². The van der Waals surface area contributed by atoms with E-state index in [9.17, 15) is 4.79 Å². The van der Waals surface area contributed by atoms with Crippen molar-refractivity contribution in [1.29, 1.82) is 0 Å². The Morgan fingerprint density at radius 2 is 2.25 bits per heavy atom. The van der Waals surface area contributed by atoms with Crippen LogP contribution in [-0.2, 0) is 24.2 Å². The topological polar surface area (TPSA) is 73.1 Å². The Balaban J connectivity index is 1.39. The van der Waals surface area contributed by atoms with E-state index in [0.29, 0.717) is 25.3 Å². The molecule has 0 saturated carbocycles. The molecule has 3 aliphatic rings. The van der Waals surface area contributed by atoms with Crippen LogP contribution in [0.1, 0.15) is 46.2 Å². The summed E-state index contributed by atoms with van der Waals surface area (Å²) in [5, 5.41) is 8.17. The molecule has 0 N–H and O–H groups in total. The van der Waals surface area contributed by atoms with Crippen molar-refractivity contribution in [2.75, 3.05) is 13.1 Å². The highest BCUT2D eigenvalue weighted by Gasteiger charge is 2.38. The molecule has 0 spiro atoms. The molecule has 1 aliphatic carbocycles. The summed E-state index contributed by atoms with van der Waals surface area (Å²) in [5.41, 5.74) is 4.06. The fourth-order valence-electron chi connectivity index (χ4n) is 4.09. The molecule has 0 radical (unpaired) electrons. The van der Waals surface area contributed by atoms with Crippen molar-refractivity contribution < 1.29 is 9.53 Å². The second kappa shape index (κ2) is 5.37. The number of rotatable bonds is 1. The molecule has 2 aliphatic heterocycles. The van der Waals surface area contributed by atoms with Crippen molar-refractivity contribution in [3.63, 3.8) is 0 Å². The lowest BCUT2D eigenvalue weighted by Gasteiger charge is -2.41. The van der Waals surface area contributed by atoms with Crippen LogP contribution in [0.5, 0.6) is 0 Å². The Bertz CT molecular complexity index is 802. The number of amides is 1. The fraction of sp³-hybridized carbons (Fsp3) is 0.529. The van der Waals surface area contributed by atoms with Crippen LogP contribution in [0.2, 0.25) is 0 Å². The molecule has 2 aromatic heterocycles. The van der Waals surface area contributed by atoms with Gasteiger partial charge in [0.2, 0.25) is 0 Å². The maximum atomic E-state index is 12.9. The Kier molecular flexibility index (Phi) is 3.16. The van der Waals surface area contributed by atoms with Gasteiger partial charge in [-0.3, -0.25) is 9.78 Å². The number of aromatic nitrogens is 4. The van der Waals surface area contributed by atoms with Crippen LogP contribution < -0.4 is 0 Å². The van der Waals surface area contributed by atoms with Crippen LogP contribution in [0.3, 0.4) is 0 Å². The van der Waals surface area contributed by atoms with Crippen molar-refractivity contribution in [3.8, 4) is 0 Å². The number of hydrogen-bond acceptors (Lipinski definition) is 5. The molecule has 7 nitrogen and oxygen atoms in total. The van der Waals surface area contributed by atoms with Crippen molar-refractivity contribution in [3.05, 3.63) is 41.0 Å². The van der Waals surface area contributed by atoms with Crippen molar-refractivity contribution >= 4 is 5.91 Å². The number of nitrogens with zero attached hydrogens (tertiary/aromatic N) is 5. The first-order chi connectivity index (χ1) is 11.8. The van der Waals surface area contributed by atoms with Gasteiger partial charge in [-0.05, 0) is 37.3 Å². The number of aryl methyl sites for hydroxylation is 2. The zero-order valence-corrected chi connectivity index (χ0v) is 13.4. The van der Waals surface area contributed by atoms with Gasteiger partial charge in [0, 0.05) is 25.0 Å². The summed E-state index contributed by atoms with van der Waals surface area (Å²) >= 11 is 0. The van der Waals surface area contributed by atoms with Gasteiger partial charge in [0.15, 0.2) is 0 Å². The van der Waals surface area contributed by atoms with Gasteiger partial charge in [-0.15, -0.1) is 5.10 Å². The summed E-state index contributed by atoms with van der Waals surface area (Å²) in [5.74, 6) is 0.0582. The largest absolute Gasteiger partial charge is 0.370 e. The summed E-state index contributed by atoms with van der Waals surface area (Å²) in [6.07, 6.45) is 7.61. The number of carbonyl (C=O) groups excluding carboxylic acids is 1. The summed E-state index contributed by atoms with van der Waals surface area (Å²) < 4.78 is 7.83. The predicted octanol–water partition coefficient (Wildman–Crippen LogP) is 1.15. The van der Waals surface area contributed by atoms with Crippen LogP contribution in [0.4, 0.5) is 0 Å². The highest BCUT2D eigenvalue weighted by Crippen LogP contribution is 2.31. The first-order valence-corrected chi connectivity index (χ1v) is 8.57. The van der Waals surface area contributed by atoms with E-state index in [1.54, 1.807) is 12.4 Å². The molecule has 124 valence electrons. The van der Waals surface area contributed by atoms with Crippen LogP contribution in [0.15, 0.2) is 18.5 Å². The summed E-state index contributed by atoms with van der Waals surface area (Å²) in [6, 6.07) is 2.08. The Morgan fingerprint density at radius 1 is 1.29 bits per heavy atom. The maximum Gasteiger partial charge on any atom is 0.255 e. The van der Waals surface area contributed by atoms with Crippen LogP contribution in [-0.4, -0.2) is 50.0 Å². The molecule has 5 rings (SSSR count). The van der Waals surface area contributed by atoms with Crippen LogP contribution >= 0.6 is 0 Å². The highest BCUT2D eigenvalue weighted by atomic mass is 16.5. The monoisotopic (exact) mass is 325 g/mol. The second-order valence-corrected chi connectivity index (χ2v) is 6.81. The summed E-state index contributed by atoms with van der Waals surface area (Å²) in [4.78, 5) is 19.3. The Labute approximate surface area is 139 Å². The SMILES string of the molecule is O=C(c1cnc2c(c1)CCC2)N1CC[C@@H]2OCc3cnnn3[C@H]2C1. The standard InChI is InChI=1S/C17H19N5O2/c23-17(12-6-11-2-1-3-14(11)18-7-12)21-5-4-16-15(9-21)22-13(10-24-16)8-19-20-22/h6-8,15-16H,1-5,9-10H2/t15-,16-/m0/s1. The lowest BCUT2D eigenvalue weighted by Crippen LogP contribution is -2.49. The molecule has 24 heavy (non-hydrogen) atoms. The van der Waals surface area contributed by atoms with E-state index in [1.165, 1.54) is 5.56 Å². The van der Waals surface area contributed by atoms with Gasteiger partial charge < -0.3 is 9.64 Å². The van der Waals surface area contributed by atoms with Crippen molar-refractivity contribution in [2.24, 2.45) is 0 Å². The maximum absolute atomic E-state index is 12.9. The lowest BCUT2D eigenvalue weighted by atomic mass is 9.99. The molecule has 0 unspecified atom stereocenters. The number of likely N-dealkylation sites (tertiary alicyclic amines) is 1. The number of pyridine rings is 1. The lowest BCUT2D eigenvalue weighted by molar-refractivity contribution is -0.0605. The molecule has 2 aromatic rings. The number of piperidine rings is 1. The van der Waals surface area contributed by atoms with Gasteiger partial charge >= 0.3 is 0 Å². The van der Waals surface area contributed by atoms with Crippen LogP contribution in [0.25, 0.3) is 0 Å². The predicted molar refractivity (Wildman–Crippen MR) is 84.4 cm³/mol. The number of carbonyl (C=O) groups is 1. The average Bonchev–Trinajstić information content (AvgIpc) is 3.28. The van der Waals surface area contributed by atoms with Gasteiger partial charge in [-0.1, -0.05) is 5.21 Å². The molecule has 1 amide bonds. The minimum absolute atomic E-state index is 0.0522. The van der Waals surface area contributed by atoms with Crippen molar-refractivity contribution in [2.45, 2.75) is 44.4 Å². The summed E-state index contributed by atoms with van der Waals surface area (Å²) in [6.45, 7) is 1.87. The van der Waals surface area contributed by atoms with E-state index in [-0.39, 0.29) is 18.1 Å².